The summed E-state index contributed by atoms with van der Waals surface area (Å²) >= 11 is 0. The monoisotopic (exact) mass is 433 g/mol. The van der Waals surface area contributed by atoms with Crippen molar-refractivity contribution in [1.82, 2.24) is 30.6 Å². The summed E-state index contributed by atoms with van der Waals surface area (Å²) in [6, 6.07) is 11.0. The molecule has 3 heterocycles. The molecule has 4 rings (SSSR count). The number of aromatic nitrogens is 5. The predicted molar refractivity (Wildman–Crippen MR) is 119 cm³/mol. The fourth-order valence-corrected chi connectivity index (χ4v) is 3.15. The van der Waals surface area contributed by atoms with Crippen molar-refractivity contribution in [2.45, 2.75) is 26.2 Å². The first-order valence-corrected chi connectivity index (χ1v) is 10.3. The van der Waals surface area contributed by atoms with Crippen molar-refractivity contribution in [3.05, 3.63) is 64.5 Å². The first-order valence-electron chi connectivity index (χ1n) is 10.3. The minimum Gasteiger partial charge on any atom is -0.368 e. The lowest BCUT2D eigenvalue weighted by Crippen LogP contribution is -2.26. The molecular formula is C22H23N7O3. The fraction of sp³-hybridized carbons (Fsp3) is 0.273. The van der Waals surface area contributed by atoms with Crippen LogP contribution in [0.3, 0.4) is 0 Å². The highest BCUT2D eigenvalue weighted by molar-refractivity contribution is 5.90. The molecule has 32 heavy (non-hydrogen) atoms. The summed E-state index contributed by atoms with van der Waals surface area (Å²) in [5.74, 6) is 1.40. The van der Waals surface area contributed by atoms with Gasteiger partial charge in [-0.1, -0.05) is 23.4 Å². The SMILES string of the molecule is Cc1ccc(-c2nc(CCC(=O)NCCCNc3n[nH]c(=O)c4ccccc34)no2)cn1. The number of fused-ring (bicyclic) bond motifs is 1. The molecule has 0 saturated heterocycles. The Morgan fingerprint density at radius 2 is 1.97 bits per heavy atom. The molecule has 0 radical (unpaired) electrons. The van der Waals surface area contributed by atoms with Crippen LogP contribution in [0.25, 0.3) is 22.2 Å². The molecule has 0 unspecified atom stereocenters. The van der Waals surface area contributed by atoms with Gasteiger partial charge < -0.3 is 15.2 Å². The van der Waals surface area contributed by atoms with E-state index in [4.69, 9.17) is 4.52 Å². The molecule has 3 N–H and O–H groups in total. The quantitative estimate of drug-likeness (QED) is 0.342. The van der Waals surface area contributed by atoms with Gasteiger partial charge >= 0.3 is 0 Å². The third-order valence-electron chi connectivity index (χ3n) is 4.87. The second kappa shape index (κ2) is 9.82. The summed E-state index contributed by atoms with van der Waals surface area (Å²) in [7, 11) is 0. The maximum absolute atomic E-state index is 12.1. The molecule has 0 bridgehead atoms. The van der Waals surface area contributed by atoms with Gasteiger partial charge in [-0.05, 0) is 31.5 Å². The number of nitrogens with one attached hydrogen (secondary N) is 3. The number of H-pyrrole nitrogens is 1. The summed E-state index contributed by atoms with van der Waals surface area (Å²) in [5, 5.41) is 17.9. The molecule has 3 aromatic heterocycles. The van der Waals surface area contributed by atoms with Gasteiger partial charge in [-0.15, -0.1) is 0 Å². The smallest absolute Gasteiger partial charge is 0.272 e. The molecule has 0 atom stereocenters. The number of rotatable bonds is 9. The number of nitrogens with zero attached hydrogens (tertiary/aromatic N) is 4. The number of amides is 1. The largest absolute Gasteiger partial charge is 0.368 e. The average molecular weight is 433 g/mol. The highest BCUT2D eigenvalue weighted by atomic mass is 16.5. The van der Waals surface area contributed by atoms with Crippen LogP contribution in [0.5, 0.6) is 0 Å². The van der Waals surface area contributed by atoms with Crippen LogP contribution in [0.2, 0.25) is 0 Å². The Morgan fingerprint density at radius 1 is 1.12 bits per heavy atom. The van der Waals surface area contributed by atoms with Crippen LogP contribution in [0.15, 0.2) is 51.9 Å². The topological polar surface area (TPSA) is 139 Å². The van der Waals surface area contributed by atoms with Gasteiger partial charge in [-0.25, -0.2) is 5.10 Å². The lowest BCUT2D eigenvalue weighted by Gasteiger charge is -2.08. The molecule has 164 valence electrons. The van der Waals surface area contributed by atoms with Gasteiger partial charge in [0, 0.05) is 43.2 Å². The van der Waals surface area contributed by atoms with E-state index in [2.05, 4.69) is 36.0 Å². The molecule has 4 aromatic rings. The molecule has 10 nitrogen and oxygen atoms in total. The second-order valence-electron chi connectivity index (χ2n) is 7.28. The van der Waals surface area contributed by atoms with E-state index in [1.54, 1.807) is 12.3 Å². The van der Waals surface area contributed by atoms with Gasteiger partial charge in [-0.3, -0.25) is 14.6 Å². The van der Waals surface area contributed by atoms with Crippen LogP contribution in [-0.4, -0.2) is 44.3 Å². The molecule has 0 saturated carbocycles. The van der Waals surface area contributed by atoms with E-state index in [0.717, 1.165) is 16.6 Å². The van der Waals surface area contributed by atoms with Crippen LogP contribution < -0.4 is 16.2 Å². The minimum absolute atomic E-state index is 0.0824. The Balaban J connectivity index is 1.18. The maximum Gasteiger partial charge on any atom is 0.272 e. The van der Waals surface area contributed by atoms with E-state index in [1.165, 1.54) is 0 Å². The molecule has 1 aromatic carbocycles. The highest BCUT2D eigenvalue weighted by Crippen LogP contribution is 2.17. The number of aromatic amines is 1. The van der Waals surface area contributed by atoms with Gasteiger partial charge in [0.05, 0.1) is 10.9 Å². The standard InChI is InChI=1S/C22H23N7O3/c1-14-7-8-15(13-25-14)22-26-18(29-32-22)9-10-19(30)23-11-4-12-24-20-16-5-2-3-6-17(16)21(31)28-27-20/h2-3,5-8,13H,4,9-12H2,1H3,(H,23,30)(H,24,27)(H,28,31). The van der Waals surface area contributed by atoms with Crippen LogP contribution >= 0.6 is 0 Å². The summed E-state index contributed by atoms with van der Waals surface area (Å²) in [4.78, 5) is 32.4. The molecule has 0 spiro atoms. The Labute approximate surface area is 183 Å². The number of anilines is 1. The third kappa shape index (κ3) is 5.15. The molecule has 0 fully saturated rings. The number of carbonyl (C=O) groups is 1. The first-order chi connectivity index (χ1) is 15.6. The number of pyridine rings is 1. The van der Waals surface area contributed by atoms with Crippen LogP contribution in [-0.2, 0) is 11.2 Å². The number of hydrogen-bond acceptors (Lipinski definition) is 8. The summed E-state index contributed by atoms with van der Waals surface area (Å²) < 4.78 is 5.25. The first kappa shape index (κ1) is 21.2. The van der Waals surface area contributed by atoms with E-state index in [0.29, 0.717) is 48.9 Å². The van der Waals surface area contributed by atoms with Gasteiger partial charge in [0.25, 0.3) is 11.4 Å². The number of carbonyl (C=O) groups excluding carboxylic acids is 1. The van der Waals surface area contributed by atoms with Crippen molar-refractivity contribution in [2.75, 3.05) is 18.4 Å². The zero-order valence-corrected chi connectivity index (χ0v) is 17.6. The fourth-order valence-electron chi connectivity index (χ4n) is 3.15. The normalized spacial score (nSPS) is 10.9. The predicted octanol–water partition coefficient (Wildman–Crippen LogP) is 2.23. The number of aryl methyl sites for hydroxylation is 2. The number of benzene rings is 1. The third-order valence-corrected chi connectivity index (χ3v) is 4.87. The van der Waals surface area contributed by atoms with Crippen molar-refractivity contribution < 1.29 is 9.32 Å². The molecule has 0 aliphatic rings. The van der Waals surface area contributed by atoms with Crippen LogP contribution in [0, 0.1) is 6.92 Å². The molecular weight excluding hydrogens is 410 g/mol. The Morgan fingerprint density at radius 3 is 2.78 bits per heavy atom. The summed E-state index contributed by atoms with van der Waals surface area (Å²) in [6.07, 6.45) is 3.04. The molecule has 1 amide bonds. The van der Waals surface area contributed by atoms with E-state index in [9.17, 15) is 9.59 Å². The Bertz CT molecular complexity index is 1260. The maximum atomic E-state index is 12.1. The molecule has 0 aliphatic carbocycles. The average Bonchev–Trinajstić information content (AvgIpc) is 3.28. The van der Waals surface area contributed by atoms with Gasteiger partial charge in [0.15, 0.2) is 11.6 Å². The Kier molecular flexibility index (Phi) is 6.49. The van der Waals surface area contributed by atoms with E-state index in [1.807, 2.05) is 37.3 Å². The lowest BCUT2D eigenvalue weighted by molar-refractivity contribution is -0.121. The van der Waals surface area contributed by atoms with E-state index in [-0.39, 0.29) is 17.9 Å². The summed E-state index contributed by atoms with van der Waals surface area (Å²) in [5.41, 5.74) is 1.43. The zero-order valence-electron chi connectivity index (χ0n) is 17.6. The van der Waals surface area contributed by atoms with E-state index < -0.39 is 0 Å². The van der Waals surface area contributed by atoms with Crippen LogP contribution in [0.4, 0.5) is 5.82 Å². The van der Waals surface area contributed by atoms with Crippen molar-refractivity contribution in [3.63, 3.8) is 0 Å². The van der Waals surface area contributed by atoms with Crippen molar-refractivity contribution in [1.29, 1.82) is 0 Å². The van der Waals surface area contributed by atoms with Gasteiger partial charge in [-0.2, -0.15) is 10.1 Å². The minimum atomic E-state index is -0.220. The van der Waals surface area contributed by atoms with Crippen LogP contribution in [0.1, 0.15) is 24.4 Å². The van der Waals surface area contributed by atoms with Crippen molar-refractivity contribution >= 4 is 22.5 Å². The van der Waals surface area contributed by atoms with Crippen molar-refractivity contribution in [3.8, 4) is 11.5 Å². The second-order valence-corrected chi connectivity index (χ2v) is 7.28. The lowest BCUT2D eigenvalue weighted by atomic mass is 10.2. The Hall–Kier alpha value is -4.08. The highest BCUT2D eigenvalue weighted by Gasteiger charge is 2.11. The summed E-state index contributed by atoms with van der Waals surface area (Å²) in [6.45, 7) is 3.02. The van der Waals surface area contributed by atoms with Crippen molar-refractivity contribution in [2.24, 2.45) is 0 Å². The molecule has 10 heteroatoms. The number of hydrogen-bond donors (Lipinski definition) is 3. The van der Waals surface area contributed by atoms with Gasteiger partial charge in [0.1, 0.15) is 0 Å². The van der Waals surface area contributed by atoms with E-state index >= 15 is 0 Å². The zero-order chi connectivity index (χ0) is 22.3. The molecule has 0 aliphatic heterocycles. The van der Waals surface area contributed by atoms with Gasteiger partial charge in [0.2, 0.25) is 5.91 Å².